The first-order valence-corrected chi connectivity index (χ1v) is 8.61. The minimum absolute atomic E-state index is 0.147. The summed E-state index contributed by atoms with van der Waals surface area (Å²) in [7, 11) is 0. The van der Waals surface area contributed by atoms with Gasteiger partial charge < -0.3 is 5.32 Å². The molecule has 0 aromatic heterocycles. The number of hydrogen-bond acceptors (Lipinski definition) is 3. The Hall–Kier alpha value is -1.42. The van der Waals surface area contributed by atoms with Crippen LogP contribution in [0.15, 0.2) is 59.6 Å². The number of hydrogen-bond donors (Lipinski definition) is 1. The molecular formula is C17H15Cl2NOS. The molecule has 2 aromatic rings. The highest BCUT2D eigenvalue weighted by atomic mass is 35.5. The largest absolute Gasteiger partial charge is 0.376 e. The van der Waals surface area contributed by atoms with Crippen LogP contribution in [0.1, 0.15) is 15.9 Å². The third-order valence-corrected chi connectivity index (χ3v) is 4.24. The summed E-state index contributed by atoms with van der Waals surface area (Å²) in [6, 6.07) is 14.9. The first-order chi connectivity index (χ1) is 10.6. The van der Waals surface area contributed by atoms with Crippen molar-refractivity contribution in [1.82, 2.24) is 5.32 Å². The van der Waals surface area contributed by atoms with E-state index in [1.807, 2.05) is 36.6 Å². The van der Waals surface area contributed by atoms with Crippen LogP contribution < -0.4 is 5.32 Å². The third kappa shape index (κ3) is 4.80. The SMILES string of the molecule is CSC(=CC(=O)c1ccc(Cl)cc1Cl)NCc1ccccc1. The fourth-order valence-corrected chi connectivity index (χ4v) is 2.80. The van der Waals surface area contributed by atoms with Crippen molar-refractivity contribution in [3.05, 3.63) is 80.8 Å². The highest BCUT2D eigenvalue weighted by molar-refractivity contribution is 8.02. The zero-order valence-electron chi connectivity index (χ0n) is 12.0. The smallest absolute Gasteiger partial charge is 0.189 e. The number of halogens is 2. The Bertz CT molecular complexity index is 686. The second-order valence-corrected chi connectivity index (χ2v) is 6.23. The summed E-state index contributed by atoms with van der Waals surface area (Å²) in [5, 5.41) is 4.91. The van der Waals surface area contributed by atoms with Gasteiger partial charge in [0.15, 0.2) is 5.78 Å². The van der Waals surface area contributed by atoms with Crippen molar-refractivity contribution >= 4 is 40.7 Å². The number of thioether (sulfide) groups is 1. The minimum atomic E-state index is -0.147. The van der Waals surface area contributed by atoms with Gasteiger partial charge in [0.1, 0.15) is 0 Å². The van der Waals surface area contributed by atoms with Crippen molar-refractivity contribution in [3.63, 3.8) is 0 Å². The summed E-state index contributed by atoms with van der Waals surface area (Å²) in [5.74, 6) is -0.147. The van der Waals surface area contributed by atoms with Gasteiger partial charge in [-0.05, 0) is 30.0 Å². The molecule has 0 fully saturated rings. The maximum absolute atomic E-state index is 12.3. The van der Waals surface area contributed by atoms with Crippen LogP contribution in [0.4, 0.5) is 0 Å². The molecule has 2 aromatic carbocycles. The molecular weight excluding hydrogens is 337 g/mol. The molecule has 0 aliphatic rings. The average Bonchev–Trinajstić information content (AvgIpc) is 2.52. The maximum Gasteiger partial charge on any atom is 0.189 e. The van der Waals surface area contributed by atoms with Crippen molar-refractivity contribution in [1.29, 1.82) is 0 Å². The number of allylic oxidation sites excluding steroid dienone is 1. The van der Waals surface area contributed by atoms with Crippen LogP contribution in [0.3, 0.4) is 0 Å². The van der Waals surface area contributed by atoms with Crippen LogP contribution in [-0.4, -0.2) is 12.0 Å². The zero-order chi connectivity index (χ0) is 15.9. The summed E-state index contributed by atoms with van der Waals surface area (Å²) in [4.78, 5) is 12.3. The Morgan fingerprint density at radius 1 is 1.18 bits per heavy atom. The second kappa shape index (κ2) is 8.28. The molecule has 0 saturated heterocycles. The third-order valence-electron chi connectivity index (χ3n) is 2.99. The lowest BCUT2D eigenvalue weighted by Gasteiger charge is -2.09. The van der Waals surface area contributed by atoms with Crippen LogP contribution in [-0.2, 0) is 6.54 Å². The lowest BCUT2D eigenvalue weighted by atomic mass is 10.1. The molecule has 0 saturated carbocycles. The molecule has 0 amide bonds. The molecule has 2 rings (SSSR count). The number of carbonyl (C=O) groups is 1. The van der Waals surface area contributed by atoms with Gasteiger partial charge in [-0.25, -0.2) is 0 Å². The van der Waals surface area contributed by atoms with E-state index in [0.29, 0.717) is 22.2 Å². The lowest BCUT2D eigenvalue weighted by Crippen LogP contribution is -2.12. The minimum Gasteiger partial charge on any atom is -0.376 e. The molecule has 0 aliphatic carbocycles. The average molecular weight is 352 g/mol. The number of nitrogens with one attached hydrogen (secondary N) is 1. The Morgan fingerprint density at radius 2 is 1.91 bits per heavy atom. The van der Waals surface area contributed by atoms with Crippen LogP contribution in [0.25, 0.3) is 0 Å². The normalized spacial score (nSPS) is 11.3. The molecule has 0 unspecified atom stereocenters. The molecule has 1 N–H and O–H groups in total. The molecule has 0 atom stereocenters. The molecule has 0 spiro atoms. The van der Waals surface area contributed by atoms with Crippen molar-refractivity contribution in [2.45, 2.75) is 6.54 Å². The van der Waals surface area contributed by atoms with E-state index in [9.17, 15) is 4.79 Å². The molecule has 5 heteroatoms. The van der Waals surface area contributed by atoms with Gasteiger partial charge in [0, 0.05) is 23.2 Å². The van der Waals surface area contributed by atoms with E-state index in [1.165, 1.54) is 11.8 Å². The van der Waals surface area contributed by atoms with Gasteiger partial charge in [0.05, 0.1) is 10.1 Å². The number of rotatable bonds is 6. The quantitative estimate of drug-likeness (QED) is 0.574. The van der Waals surface area contributed by atoms with E-state index in [2.05, 4.69) is 5.32 Å². The standard InChI is InChI=1S/C17H15Cl2NOS/c1-22-17(20-11-12-5-3-2-4-6-12)10-16(21)14-8-7-13(18)9-15(14)19/h2-10,20H,11H2,1H3. The van der Waals surface area contributed by atoms with E-state index < -0.39 is 0 Å². The number of ketones is 1. The summed E-state index contributed by atoms with van der Waals surface area (Å²) >= 11 is 13.4. The fraction of sp³-hybridized carbons (Fsp3) is 0.118. The van der Waals surface area contributed by atoms with Crippen molar-refractivity contribution < 1.29 is 4.79 Å². The molecule has 114 valence electrons. The van der Waals surface area contributed by atoms with Crippen LogP contribution in [0, 0.1) is 0 Å². The number of carbonyl (C=O) groups excluding carboxylic acids is 1. The van der Waals surface area contributed by atoms with Gasteiger partial charge in [0.25, 0.3) is 0 Å². The molecule has 0 aliphatic heterocycles. The molecule has 2 nitrogen and oxygen atoms in total. The summed E-state index contributed by atoms with van der Waals surface area (Å²) < 4.78 is 0. The van der Waals surface area contributed by atoms with Gasteiger partial charge >= 0.3 is 0 Å². The van der Waals surface area contributed by atoms with Gasteiger partial charge in [-0.15, -0.1) is 11.8 Å². The van der Waals surface area contributed by atoms with E-state index in [0.717, 1.165) is 10.6 Å². The van der Waals surface area contributed by atoms with Crippen LogP contribution in [0.2, 0.25) is 10.0 Å². The number of benzene rings is 2. The Balaban J connectivity index is 2.09. The molecule has 22 heavy (non-hydrogen) atoms. The Labute approximate surface area is 144 Å². The van der Waals surface area contributed by atoms with Crippen molar-refractivity contribution in [2.24, 2.45) is 0 Å². The van der Waals surface area contributed by atoms with Crippen LogP contribution in [0.5, 0.6) is 0 Å². The van der Waals surface area contributed by atoms with Crippen molar-refractivity contribution in [2.75, 3.05) is 6.26 Å². The molecule has 0 bridgehead atoms. The summed E-state index contributed by atoms with van der Waals surface area (Å²) in [6.45, 7) is 0.662. The summed E-state index contributed by atoms with van der Waals surface area (Å²) in [5.41, 5.74) is 1.60. The highest BCUT2D eigenvalue weighted by Crippen LogP contribution is 2.22. The van der Waals surface area contributed by atoms with Gasteiger partial charge in [-0.3, -0.25) is 4.79 Å². The van der Waals surface area contributed by atoms with Gasteiger partial charge in [-0.2, -0.15) is 0 Å². The van der Waals surface area contributed by atoms with Crippen molar-refractivity contribution in [3.8, 4) is 0 Å². The Kier molecular flexibility index (Phi) is 6.37. The Morgan fingerprint density at radius 3 is 2.55 bits per heavy atom. The molecule has 0 heterocycles. The highest BCUT2D eigenvalue weighted by Gasteiger charge is 2.09. The predicted octanol–water partition coefficient (Wildman–Crippen LogP) is 5.17. The first kappa shape index (κ1) is 16.9. The lowest BCUT2D eigenvalue weighted by molar-refractivity contribution is 0.104. The van der Waals surface area contributed by atoms with E-state index in [1.54, 1.807) is 24.3 Å². The topological polar surface area (TPSA) is 29.1 Å². The van der Waals surface area contributed by atoms with Gasteiger partial charge in [0.2, 0.25) is 0 Å². The maximum atomic E-state index is 12.3. The van der Waals surface area contributed by atoms with Crippen LogP contribution >= 0.6 is 35.0 Å². The first-order valence-electron chi connectivity index (χ1n) is 6.63. The monoisotopic (exact) mass is 351 g/mol. The zero-order valence-corrected chi connectivity index (χ0v) is 14.3. The van der Waals surface area contributed by atoms with E-state index in [-0.39, 0.29) is 5.78 Å². The fourth-order valence-electron chi connectivity index (χ4n) is 1.85. The summed E-state index contributed by atoms with van der Waals surface area (Å²) in [6.07, 6.45) is 3.48. The van der Waals surface area contributed by atoms with E-state index >= 15 is 0 Å². The van der Waals surface area contributed by atoms with Gasteiger partial charge in [-0.1, -0.05) is 53.5 Å². The predicted molar refractivity (Wildman–Crippen MR) is 95.7 cm³/mol. The van der Waals surface area contributed by atoms with E-state index in [4.69, 9.17) is 23.2 Å². The second-order valence-electron chi connectivity index (χ2n) is 4.54. The molecule has 0 radical (unpaired) electrons.